The predicted molar refractivity (Wildman–Crippen MR) is 170 cm³/mol. The van der Waals surface area contributed by atoms with Crippen molar-refractivity contribution in [1.29, 1.82) is 0 Å². The van der Waals surface area contributed by atoms with Crippen molar-refractivity contribution in [1.82, 2.24) is 29.4 Å². The van der Waals surface area contributed by atoms with Crippen LogP contribution < -0.4 is 16.6 Å². The van der Waals surface area contributed by atoms with Gasteiger partial charge < -0.3 is 11.1 Å². The first kappa shape index (κ1) is 28.8. The molecule has 43 heavy (non-hydrogen) atoms. The average Bonchev–Trinajstić information content (AvgIpc) is 3.41. The van der Waals surface area contributed by atoms with Crippen molar-refractivity contribution in [3.63, 3.8) is 0 Å². The van der Waals surface area contributed by atoms with Gasteiger partial charge >= 0.3 is 0 Å². The highest BCUT2D eigenvalue weighted by molar-refractivity contribution is 6.03. The third-order valence-corrected chi connectivity index (χ3v) is 7.29. The highest BCUT2D eigenvalue weighted by Crippen LogP contribution is 2.27. The number of aryl methyl sites for hydroxylation is 3. The molecule has 0 saturated heterocycles. The number of nitrogens with two attached hydrogens (primary N) is 1. The molecule has 0 aliphatic carbocycles. The number of allylic oxidation sites excluding steroid dienone is 1. The Morgan fingerprint density at radius 2 is 1.81 bits per heavy atom. The first-order valence-corrected chi connectivity index (χ1v) is 13.7. The standard InChI is InChI=1S/C33H32N8O2/c1-7-18-35-31-29(30(34)38-40(31)6)32(42)36-21(3)27-19-24-13-11-12-23(16-17-26-20(2)37-39(5)22(26)4)28(24)33(43)41(27)25-14-9-8-10-15-25/h7-15,18-19,21H,1H2,2-6H3,(H2,34,38)(H,36,42)/b35-18-. The molecule has 5 rings (SSSR count). The van der Waals surface area contributed by atoms with Gasteiger partial charge in [-0.15, -0.1) is 0 Å². The van der Waals surface area contributed by atoms with Gasteiger partial charge in [0.15, 0.2) is 11.6 Å². The monoisotopic (exact) mass is 572 g/mol. The van der Waals surface area contributed by atoms with Gasteiger partial charge in [-0.05, 0) is 50.4 Å². The molecule has 3 N–H and O–H groups in total. The van der Waals surface area contributed by atoms with E-state index in [4.69, 9.17) is 5.73 Å². The summed E-state index contributed by atoms with van der Waals surface area (Å²) in [6, 6.07) is 16.2. The maximum absolute atomic E-state index is 14.3. The number of rotatable bonds is 6. The minimum absolute atomic E-state index is 0.0460. The second kappa shape index (κ2) is 11.7. The fraction of sp³-hybridized carbons (Fsp3) is 0.182. The van der Waals surface area contributed by atoms with Crippen LogP contribution in [0.5, 0.6) is 0 Å². The fourth-order valence-electron chi connectivity index (χ4n) is 5.10. The van der Waals surface area contributed by atoms with Crippen LogP contribution in [-0.2, 0) is 14.1 Å². The zero-order valence-corrected chi connectivity index (χ0v) is 24.7. The summed E-state index contributed by atoms with van der Waals surface area (Å²) in [7, 11) is 3.53. The van der Waals surface area contributed by atoms with Crippen LogP contribution >= 0.6 is 0 Å². The van der Waals surface area contributed by atoms with Crippen molar-refractivity contribution in [3.8, 4) is 17.5 Å². The van der Waals surface area contributed by atoms with E-state index in [1.807, 2.05) is 82.4 Å². The number of aromatic nitrogens is 5. The number of hydrogen-bond acceptors (Lipinski definition) is 6. The summed E-state index contributed by atoms with van der Waals surface area (Å²) in [6.45, 7) is 9.33. The molecule has 5 aromatic rings. The van der Waals surface area contributed by atoms with Gasteiger partial charge in [-0.25, -0.2) is 9.67 Å². The molecule has 216 valence electrons. The molecule has 0 radical (unpaired) electrons. The Balaban J connectivity index is 1.65. The van der Waals surface area contributed by atoms with E-state index < -0.39 is 11.9 Å². The highest BCUT2D eigenvalue weighted by atomic mass is 16.2. The van der Waals surface area contributed by atoms with E-state index in [1.54, 1.807) is 16.3 Å². The molecule has 0 bridgehead atoms. The fourth-order valence-corrected chi connectivity index (χ4v) is 5.10. The molecule has 1 atom stereocenters. The number of amides is 1. The first-order chi connectivity index (χ1) is 20.6. The summed E-state index contributed by atoms with van der Waals surface area (Å²) >= 11 is 0. The molecule has 3 heterocycles. The van der Waals surface area contributed by atoms with Gasteiger partial charge in [0, 0.05) is 37.3 Å². The molecule has 10 heteroatoms. The van der Waals surface area contributed by atoms with Crippen LogP contribution in [0, 0.1) is 25.7 Å². The van der Waals surface area contributed by atoms with Gasteiger partial charge in [0.2, 0.25) is 0 Å². The normalized spacial score (nSPS) is 11.8. The van der Waals surface area contributed by atoms with E-state index in [0.717, 1.165) is 17.0 Å². The number of anilines is 1. The molecule has 1 amide bonds. The van der Waals surface area contributed by atoms with Gasteiger partial charge in [-0.3, -0.25) is 18.8 Å². The number of carbonyl (C=O) groups is 1. The number of nitrogen functional groups attached to an aromatic ring is 1. The SMILES string of the molecule is C=C/C=N\c1c(C(=O)NC(C)c2cc3cccc(C#Cc4c(C)nn(C)c4C)c3c(=O)n2-c2ccccc2)c(N)nn1C. The van der Waals surface area contributed by atoms with E-state index in [1.165, 1.54) is 17.0 Å². The van der Waals surface area contributed by atoms with E-state index in [-0.39, 0.29) is 16.9 Å². The van der Waals surface area contributed by atoms with Crippen LogP contribution in [-0.4, -0.2) is 36.2 Å². The third kappa shape index (κ3) is 5.36. The maximum atomic E-state index is 14.3. The molecule has 2 aromatic carbocycles. The van der Waals surface area contributed by atoms with Gasteiger partial charge in [-0.1, -0.05) is 54.8 Å². The molecular formula is C33H32N8O2. The molecule has 0 saturated carbocycles. The molecular weight excluding hydrogens is 540 g/mol. The van der Waals surface area contributed by atoms with Crippen molar-refractivity contribution >= 4 is 34.5 Å². The van der Waals surface area contributed by atoms with Crippen molar-refractivity contribution in [2.75, 3.05) is 5.73 Å². The average molecular weight is 573 g/mol. The van der Waals surface area contributed by atoms with Crippen LogP contribution in [0.1, 0.15) is 51.5 Å². The Morgan fingerprint density at radius 3 is 2.49 bits per heavy atom. The maximum Gasteiger partial charge on any atom is 0.264 e. The van der Waals surface area contributed by atoms with E-state index in [9.17, 15) is 9.59 Å². The predicted octanol–water partition coefficient (Wildman–Crippen LogP) is 4.44. The quantitative estimate of drug-likeness (QED) is 0.230. The Kier molecular flexibility index (Phi) is 7.82. The number of fused-ring (bicyclic) bond motifs is 1. The van der Waals surface area contributed by atoms with Crippen molar-refractivity contribution < 1.29 is 4.79 Å². The van der Waals surface area contributed by atoms with Crippen LogP contribution in [0.25, 0.3) is 16.5 Å². The minimum atomic E-state index is -0.601. The number of pyridine rings is 1. The first-order valence-electron chi connectivity index (χ1n) is 13.7. The molecule has 0 aliphatic heterocycles. The Bertz CT molecular complexity index is 2030. The van der Waals surface area contributed by atoms with Crippen LogP contribution in [0.4, 0.5) is 11.6 Å². The zero-order valence-electron chi connectivity index (χ0n) is 24.7. The third-order valence-electron chi connectivity index (χ3n) is 7.29. The molecule has 0 aliphatic rings. The van der Waals surface area contributed by atoms with Gasteiger partial charge in [0.05, 0.1) is 28.4 Å². The molecule has 0 spiro atoms. The summed E-state index contributed by atoms with van der Waals surface area (Å²) < 4.78 is 4.84. The van der Waals surface area contributed by atoms with E-state index in [2.05, 4.69) is 38.9 Å². The van der Waals surface area contributed by atoms with Gasteiger partial charge in [0.1, 0.15) is 5.56 Å². The zero-order chi connectivity index (χ0) is 30.8. The lowest BCUT2D eigenvalue weighted by Gasteiger charge is -2.21. The number of nitrogens with zero attached hydrogens (tertiary/aromatic N) is 6. The lowest BCUT2D eigenvalue weighted by Crippen LogP contribution is -2.32. The second-order valence-corrected chi connectivity index (χ2v) is 10.2. The second-order valence-electron chi connectivity index (χ2n) is 10.2. The Labute approximate surface area is 249 Å². The number of nitrogens with one attached hydrogen (secondary N) is 1. The van der Waals surface area contributed by atoms with Gasteiger partial charge in [-0.2, -0.15) is 10.2 Å². The number of aliphatic imine (C=N–C) groups is 1. The summed E-state index contributed by atoms with van der Waals surface area (Å²) in [4.78, 5) is 32.1. The Morgan fingerprint density at radius 1 is 1.07 bits per heavy atom. The van der Waals surface area contributed by atoms with Crippen LogP contribution in [0.15, 0.2) is 77.0 Å². The number of hydrogen-bond donors (Lipinski definition) is 2. The van der Waals surface area contributed by atoms with E-state index >= 15 is 0 Å². The lowest BCUT2D eigenvalue weighted by atomic mass is 10.0. The number of benzene rings is 2. The lowest BCUT2D eigenvalue weighted by molar-refractivity contribution is 0.0940. The minimum Gasteiger partial charge on any atom is -0.381 e. The summed E-state index contributed by atoms with van der Waals surface area (Å²) in [5.74, 6) is 6.32. The molecule has 0 fully saturated rings. The highest BCUT2D eigenvalue weighted by Gasteiger charge is 2.25. The van der Waals surface area contributed by atoms with Gasteiger partial charge in [0.25, 0.3) is 11.5 Å². The number of para-hydroxylation sites is 1. The topological polar surface area (TPSA) is 125 Å². The molecule has 3 aromatic heterocycles. The Hall–Kier alpha value is -5.69. The van der Waals surface area contributed by atoms with E-state index in [0.29, 0.717) is 33.5 Å². The van der Waals surface area contributed by atoms with Crippen LogP contribution in [0.3, 0.4) is 0 Å². The largest absolute Gasteiger partial charge is 0.381 e. The molecule has 10 nitrogen and oxygen atoms in total. The van der Waals surface area contributed by atoms with Crippen molar-refractivity contribution in [2.45, 2.75) is 26.8 Å². The van der Waals surface area contributed by atoms with Crippen molar-refractivity contribution in [3.05, 3.63) is 111 Å². The summed E-state index contributed by atoms with van der Waals surface area (Å²) in [5, 5.41) is 12.8. The smallest absolute Gasteiger partial charge is 0.264 e. The van der Waals surface area contributed by atoms with Crippen molar-refractivity contribution in [2.24, 2.45) is 19.1 Å². The number of carbonyl (C=O) groups excluding carboxylic acids is 1. The molecule has 1 unspecified atom stereocenters. The summed E-state index contributed by atoms with van der Waals surface area (Å²) in [5.41, 5.74) is 10.4. The van der Waals surface area contributed by atoms with Crippen LogP contribution in [0.2, 0.25) is 0 Å². The summed E-state index contributed by atoms with van der Waals surface area (Å²) in [6.07, 6.45) is 2.96.